The molecule has 0 amide bonds. The van der Waals surface area contributed by atoms with E-state index < -0.39 is 11.6 Å². The highest BCUT2D eigenvalue weighted by molar-refractivity contribution is 5.48. The molecule has 1 aromatic rings. The van der Waals surface area contributed by atoms with Crippen molar-refractivity contribution in [2.24, 2.45) is 0 Å². The normalized spacial score (nSPS) is 16.4. The summed E-state index contributed by atoms with van der Waals surface area (Å²) in [5.41, 5.74) is 0.336. The molecule has 2 rings (SSSR count). The molecule has 1 heterocycles. The van der Waals surface area contributed by atoms with E-state index in [4.69, 9.17) is 9.47 Å². The van der Waals surface area contributed by atoms with Gasteiger partial charge in [-0.1, -0.05) is 0 Å². The molecule has 0 bridgehead atoms. The van der Waals surface area contributed by atoms with Crippen LogP contribution in [0.25, 0.3) is 0 Å². The second kappa shape index (κ2) is 6.16. The molecule has 4 nitrogen and oxygen atoms in total. The van der Waals surface area contributed by atoms with Crippen LogP contribution in [0, 0.1) is 11.6 Å². The molecule has 106 valence electrons. The number of methoxy groups -OCH3 is 2. The summed E-state index contributed by atoms with van der Waals surface area (Å²) in [6.45, 7) is 3.75. The zero-order valence-electron chi connectivity index (χ0n) is 11.1. The third-order valence-corrected chi connectivity index (χ3v) is 3.24. The molecule has 1 aromatic carbocycles. The molecule has 1 aliphatic rings. The molecule has 0 radical (unpaired) electrons. The van der Waals surface area contributed by atoms with Crippen molar-refractivity contribution < 1.29 is 18.3 Å². The molecule has 0 atom stereocenters. The van der Waals surface area contributed by atoms with Gasteiger partial charge in [0.1, 0.15) is 5.82 Å². The zero-order chi connectivity index (χ0) is 13.8. The van der Waals surface area contributed by atoms with Gasteiger partial charge in [0.05, 0.1) is 14.2 Å². The number of benzene rings is 1. The van der Waals surface area contributed by atoms with Crippen LogP contribution in [0.15, 0.2) is 6.07 Å². The first kappa shape index (κ1) is 14.0. The zero-order valence-corrected chi connectivity index (χ0v) is 11.1. The fourth-order valence-electron chi connectivity index (χ4n) is 2.26. The summed E-state index contributed by atoms with van der Waals surface area (Å²) < 4.78 is 37.6. The van der Waals surface area contributed by atoms with Crippen molar-refractivity contribution in [3.63, 3.8) is 0 Å². The van der Waals surface area contributed by atoms with Crippen LogP contribution in [0.4, 0.5) is 8.78 Å². The second-order valence-electron chi connectivity index (χ2n) is 4.41. The predicted octanol–water partition coefficient (Wildman–Crippen LogP) is 1.39. The molecular weight excluding hydrogens is 254 g/mol. The number of halogens is 2. The standard InChI is InChI=1S/C13H18F2N2O2/c1-18-12-9(8-17-5-3-16-4-6-17)10(14)7-11(15)13(12)19-2/h7,16H,3-6,8H2,1-2H3. The Morgan fingerprint density at radius 3 is 2.32 bits per heavy atom. The van der Waals surface area contributed by atoms with E-state index in [2.05, 4.69) is 10.2 Å². The highest BCUT2D eigenvalue weighted by Gasteiger charge is 2.22. The molecule has 0 aliphatic carbocycles. The minimum Gasteiger partial charge on any atom is -0.492 e. The Morgan fingerprint density at radius 1 is 1.11 bits per heavy atom. The Kier molecular flexibility index (Phi) is 4.55. The molecule has 0 saturated carbocycles. The minimum atomic E-state index is -0.749. The number of nitrogens with one attached hydrogen (secondary N) is 1. The predicted molar refractivity (Wildman–Crippen MR) is 67.6 cm³/mol. The van der Waals surface area contributed by atoms with Gasteiger partial charge in [0.25, 0.3) is 0 Å². The minimum absolute atomic E-state index is 0.0472. The maximum Gasteiger partial charge on any atom is 0.197 e. The van der Waals surface area contributed by atoms with E-state index in [1.54, 1.807) is 0 Å². The number of hydrogen-bond donors (Lipinski definition) is 1. The summed E-state index contributed by atoms with van der Waals surface area (Å²) in [5.74, 6) is -1.26. The van der Waals surface area contributed by atoms with Crippen molar-refractivity contribution in [1.82, 2.24) is 10.2 Å². The van der Waals surface area contributed by atoms with Crippen molar-refractivity contribution in [1.29, 1.82) is 0 Å². The van der Waals surface area contributed by atoms with Gasteiger partial charge in [-0.2, -0.15) is 0 Å². The van der Waals surface area contributed by atoms with E-state index in [0.29, 0.717) is 12.1 Å². The van der Waals surface area contributed by atoms with Gasteiger partial charge >= 0.3 is 0 Å². The van der Waals surface area contributed by atoms with Gasteiger partial charge in [-0.15, -0.1) is 0 Å². The van der Waals surface area contributed by atoms with Crippen LogP contribution in [-0.2, 0) is 6.54 Å². The molecule has 19 heavy (non-hydrogen) atoms. The highest BCUT2D eigenvalue weighted by Crippen LogP contribution is 2.36. The van der Waals surface area contributed by atoms with Crippen molar-refractivity contribution >= 4 is 0 Å². The average Bonchev–Trinajstić information content (AvgIpc) is 2.42. The number of rotatable bonds is 4. The van der Waals surface area contributed by atoms with Gasteiger partial charge in [-0.3, -0.25) is 4.90 Å². The number of hydrogen-bond acceptors (Lipinski definition) is 4. The lowest BCUT2D eigenvalue weighted by Crippen LogP contribution is -2.43. The largest absolute Gasteiger partial charge is 0.492 e. The van der Waals surface area contributed by atoms with Crippen LogP contribution in [0.5, 0.6) is 11.5 Å². The third-order valence-electron chi connectivity index (χ3n) is 3.24. The summed E-state index contributed by atoms with van der Waals surface area (Å²) in [6.07, 6.45) is 0. The van der Waals surface area contributed by atoms with Crippen molar-refractivity contribution in [2.75, 3.05) is 40.4 Å². The molecule has 1 fully saturated rings. The van der Waals surface area contributed by atoms with Crippen molar-refractivity contribution in [3.8, 4) is 11.5 Å². The van der Waals surface area contributed by atoms with Crippen molar-refractivity contribution in [3.05, 3.63) is 23.3 Å². The van der Waals surface area contributed by atoms with E-state index >= 15 is 0 Å². The molecule has 6 heteroatoms. The second-order valence-corrected chi connectivity index (χ2v) is 4.41. The Morgan fingerprint density at radius 2 is 1.74 bits per heavy atom. The van der Waals surface area contributed by atoms with E-state index in [1.165, 1.54) is 14.2 Å². The number of piperazine rings is 1. The van der Waals surface area contributed by atoms with Gasteiger partial charge in [0.2, 0.25) is 0 Å². The lowest BCUT2D eigenvalue weighted by Gasteiger charge is -2.28. The number of nitrogens with zero attached hydrogens (tertiary/aromatic N) is 1. The summed E-state index contributed by atoms with van der Waals surface area (Å²) in [5, 5.41) is 3.22. The van der Waals surface area contributed by atoms with Gasteiger partial charge in [-0.05, 0) is 0 Å². The smallest absolute Gasteiger partial charge is 0.197 e. The lowest BCUT2D eigenvalue weighted by molar-refractivity contribution is 0.225. The van der Waals surface area contributed by atoms with Crippen molar-refractivity contribution in [2.45, 2.75) is 6.54 Å². The average molecular weight is 272 g/mol. The summed E-state index contributed by atoms with van der Waals surface area (Å²) >= 11 is 0. The SMILES string of the molecule is COc1c(F)cc(F)c(CN2CCNCC2)c1OC. The molecule has 0 spiro atoms. The highest BCUT2D eigenvalue weighted by atomic mass is 19.1. The first-order valence-electron chi connectivity index (χ1n) is 6.19. The lowest BCUT2D eigenvalue weighted by atomic mass is 10.1. The van der Waals surface area contributed by atoms with Crippen LogP contribution in [0.3, 0.4) is 0 Å². The van der Waals surface area contributed by atoms with Gasteiger partial charge in [-0.25, -0.2) is 8.78 Å². The quantitative estimate of drug-likeness (QED) is 0.898. The maximum absolute atomic E-state index is 14.0. The van der Waals surface area contributed by atoms with Crippen LogP contribution < -0.4 is 14.8 Å². The monoisotopic (exact) mass is 272 g/mol. The van der Waals surface area contributed by atoms with E-state index in [9.17, 15) is 8.78 Å². The van der Waals surface area contributed by atoms with Crippen LogP contribution in [-0.4, -0.2) is 45.3 Å². The van der Waals surface area contributed by atoms with E-state index in [0.717, 1.165) is 32.2 Å². The molecule has 0 aromatic heterocycles. The van der Waals surface area contributed by atoms with Gasteiger partial charge in [0.15, 0.2) is 17.3 Å². The van der Waals surface area contributed by atoms with Crippen LogP contribution >= 0.6 is 0 Å². The van der Waals surface area contributed by atoms with Crippen LogP contribution in [0.2, 0.25) is 0 Å². The Bertz CT molecular complexity index is 449. The summed E-state index contributed by atoms with van der Waals surface area (Å²) in [7, 11) is 2.73. The van der Waals surface area contributed by atoms with Gasteiger partial charge in [0, 0.05) is 44.4 Å². The van der Waals surface area contributed by atoms with E-state index in [-0.39, 0.29) is 11.5 Å². The topological polar surface area (TPSA) is 33.7 Å². The first-order valence-corrected chi connectivity index (χ1v) is 6.19. The molecule has 1 saturated heterocycles. The first-order chi connectivity index (χ1) is 9.17. The van der Waals surface area contributed by atoms with Gasteiger partial charge < -0.3 is 14.8 Å². The van der Waals surface area contributed by atoms with Crippen LogP contribution in [0.1, 0.15) is 5.56 Å². The summed E-state index contributed by atoms with van der Waals surface area (Å²) in [4.78, 5) is 2.09. The Hall–Kier alpha value is -1.40. The third kappa shape index (κ3) is 2.96. The Balaban J connectivity index is 2.32. The molecule has 1 N–H and O–H groups in total. The fraction of sp³-hybridized carbons (Fsp3) is 0.538. The molecular formula is C13H18F2N2O2. The number of ether oxygens (including phenoxy) is 2. The maximum atomic E-state index is 14.0. The summed E-state index contributed by atoms with van der Waals surface area (Å²) in [6, 6.07) is 0.846. The Labute approximate surface area is 111 Å². The molecule has 0 unspecified atom stereocenters. The molecule has 1 aliphatic heterocycles. The fourth-order valence-corrected chi connectivity index (χ4v) is 2.26. The van der Waals surface area contributed by atoms with E-state index in [1.807, 2.05) is 0 Å².